The monoisotopic (exact) mass is 292 g/mol. The summed E-state index contributed by atoms with van der Waals surface area (Å²) in [6.45, 7) is 3.54. The van der Waals surface area contributed by atoms with Crippen LogP contribution in [0, 0.1) is 5.82 Å². The Balaban J connectivity index is 2.90. The molecular formula is C14H16F4O2. The lowest BCUT2D eigenvalue weighted by Crippen LogP contribution is -2.23. The number of ether oxygens (including phenoxy) is 1. The van der Waals surface area contributed by atoms with Crippen LogP contribution in [0.4, 0.5) is 17.6 Å². The highest BCUT2D eigenvalue weighted by molar-refractivity contribution is 5.96. The van der Waals surface area contributed by atoms with E-state index in [1.807, 2.05) is 0 Å². The predicted octanol–water partition coefficient (Wildman–Crippen LogP) is 4.23. The molecule has 0 aromatic heterocycles. The zero-order chi connectivity index (χ0) is 15.6. The highest BCUT2D eigenvalue weighted by Gasteiger charge is 2.34. The van der Waals surface area contributed by atoms with Crippen LogP contribution in [0.3, 0.4) is 0 Å². The molecule has 0 radical (unpaired) electrons. The van der Waals surface area contributed by atoms with Gasteiger partial charge in [0, 0.05) is 19.1 Å². The molecule has 0 aliphatic carbocycles. The van der Waals surface area contributed by atoms with Gasteiger partial charge in [0.25, 0.3) is 0 Å². The van der Waals surface area contributed by atoms with Gasteiger partial charge in [-0.2, -0.15) is 13.2 Å². The van der Waals surface area contributed by atoms with Gasteiger partial charge in [0.1, 0.15) is 5.82 Å². The van der Waals surface area contributed by atoms with Gasteiger partial charge in [0.2, 0.25) is 0 Å². The van der Waals surface area contributed by atoms with Crippen LogP contribution in [0.2, 0.25) is 0 Å². The second-order valence-corrected chi connectivity index (χ2v) is 5.08. The first-order valence-corrected chi connectivity index (χ1v) is 6.02. The van der Waals surface area contributed by atoms with E-state index in [1.165, 1.54) is 7.11 Å². The first-order valence-electron chi connectivity index (χ1n) is 6.02. The molecule has 2 nitrogen and oxygen atoms in total. The summed E-state index contributed by atoms with van der Waals surface area (Å²) in [5.41, 5.74) is -2.11. The summed E-state index contributed by atoms with van der Waals surface area (Å²) in [6, 6.07) is 2.28. The van der Waals surface area contributed by atoms with Crippen LogP contribution < -0.4 is 0 Å². The van der Waals surface area contributed by atoms with Crippen molar-refractivity contribution in [3.8, 4) is 0 Å². The van der Waals surface area contributed by atoms with Crippen LogP contribution in [0.15, 0.2) is 18.2 Å². The van der Waals surface area contributed by atoms with Crippen molar-refractivity contribution in [1.82, 2.24) is 0 Å². The number of carbonyl (C=O) groups is 1. The van der Waals surface area contributed by atoms with Crippen molar-refractivity contribution in [3.05, 3.63) is 35.1 Å². The molecule has 0 bridgehead atoms. The first kappa shape index (κ1) is 16.6. The molecule has 1 rings (SSSR count). The summed E-state index contributed by atoms with van der Waals surface area (Å²) >= 11 is 0. The molecule has 0 fully saturated rings. The maximum atomic E-state index is 13.1. The van der Waals surface area contributed by atoms with Crippen LogP contribution >= 0.6 is 0 Å². The molecule has 1 aromatic carbocycles. The van der Waals surface area contributed by atoms with E-state index in [1.54, 1.807) is 13.8 Å². The number of alkyl halides is 3. The van der Waals surface area contributed by atoms with Crippen molar-refractivity contribution in [3.63, 3.8) is 0 Å². The fourth-order valence-electron chi connectivity index (χ4n) is 1.58. The van der Waals surface area contributed by atoms with Gasteiger partial charge >= 0.3 is 6.18 Å². The fraction of sp³-hybridized carbons (Fsp3) is 0.500. The van der Waals surface area contributed by atoms with E-state index < -0.39 is 28.9 Å². The number of benzene rings is 1. The minimum atomic E-state index is -4.81. The molecular weight excluding hydrogens is 276 g/mol. The van der Waals surface area contributed by atoms with Gasteiger partial charge in [0.15, 0.2) is 5.78 Å². The molecule has 0 spiro atoms. The van der Waals surface area contributed by atoms with Crippen LogP contribution in [0.25, 0.3) is 0 Å². The summed E-state index contributed by atoms with van der Waals surface area (Å²) in [4.78, 5) is 11.9. The Morgan fingerprint density at radius 3 is 2.35 bits per heavy atom. The Kier molecular flexibility index (Phi) is 4.91. The second-order valence-electron chi connectivity index (χ2n) is 5.08. The smallest absolute Gasteiger partial charge is 0.379 e. The zero-order valence-corrected chi connectivity index (χ0v) is 11.5. The minimum absolute atomic E-state index is 0.0315. The molecule has 1 aromatic rings. The normalized spacial score (nSPS) is 12.6. The van der Waals surface area contributed by atoms with Gasteiger partial charge < -0.3 is 4.74 Å². The second kappa shape index (κ2) is 5.91. The summed E-state index contributed by atoms with van der Waals surface area (Å²) in [5, 5.41) is 0. The molecule has 112 valence electrons. The third-order valence-electron chi connectivity index (χ3n) is 3.10. The number of carbonyl (C=O) groups excluding carboxylic acids is 1. The average molecular weight is 292 g/mol. The summed E-state index contributed by atoms with van der Waals surface area (Å²) in [6.07, 6.45) is -4.42. The predicted molar refractivity (Wildman–Crippen MR) is 66.1 cm³/mol. The van der Waals surface area contributed by atoms with Crippen LogP contribution in [0.5, 0.6) is 0 Å². The van der Waals surface area contributed by atoms with E-state index in [0.29, 0.717) is 18.6 Å². The molecule has 0 N–H and O–H groups in total. The number of hydrogen-bond donors (Lipinski definition) is 0. The van der Waals surface area contributed by atoms with Crippen LogP contribution in [-0.4, -0.2) is 18.5 Å². The standard InChI is InChI=1S/C14H16F4O2/c1-13(2,20-3)7-6-12(19)9-4-5-11(15)10(8-9)14(16,17)18/h4-5,8H,6-7H2,1-3H3. The van der Waals surface area contributed by atoms with Crippen molar-refractivity contribution < 1.29 is 27.1 Å². The Hall–Kier alpha value is -1.43. The lowest BCUT2D eigenvalue weighted by Gasteiger charge is -2.22. The van der Waals surface area contributed by atoms with E-state index in [9.17, 15) is 22.4 Å². The molecule has 6 heteroatoms. The maximum absolute atomic E-state index is 13.1. The highest BCUT2D eigenvalue weighted by Crippen LogP contribution is 2.32. The lowest BCUT2D eigenvalue weighted by molar-refractivity contribution is -0.140. The number of ketones is 1. The molecule has 0 saturated carbocycles. The summed E-state index contributed by atoms with van der Waals surface area (Å²) in [5.74, 6) is -1.85. The SMILES string of the molecule is COC(C)(C)CCC(=O)c1ccc(F)c(C(F)(F)F)c1. The van der Waals surface area contributed by atoms with Crippen molar-refractivity contribution in [1.29, 1.82) is 0 Å². The van der Waals surface area contributed by atoms with Gasteiger partial charge in [0.05, 0.1) is 11.2 Å². The van der Waals surface area contributed by atoms with E-state index in [-0.39, 0.29) is 12.0 Å². The molecule has 0 atom stereocenters. The van der Waals surface area contributed by atoms with Crippen molar-refractivity contribution in [2.75, 3.05) is 7.11 Å². The molecule has 0 aliphatic heterocycles. The molecule has 0 unspecified atom stereocenters. The van der Waals surface area contributed by atoms with E-state index in [2.05, 4.69) is 0 Å². The molecule has 0 heterocycles. The highest BCUT2D eigenvalue weighted by atomic mass is 19.4. The number of rotatable bonds is 5. The molecule has 20 heavy (non-hydrogen) atoms. The molecule has 0 amide bonds. The summed E-state index contributed by atoms with van der Waals surface area (Å²) in [7, 11) is 1.49. The van der Waals surface area contributed by atoms with E-state index in [4.69, 9.17) is 4.74 Å². The van der Waals surface area contributed by atoms with Crippen LogP contribution in [0.1, 0.15) is 42.6 Å². The van der Waals surface area contributed by atoms with Gasteiger partial charge in [-0.3, -0.25) is 4.79 Å². The molecule has 0 aliphatic rings. The summed E-state index contributed by atoms with van der Waals surface area (Å²) < 4.78 is 55.9. The van der Waals surface area contributed by atoms with Crippen molar-refractivity contribution >= 4 is 5.78 Å². The topological polar surface area (TPSA) is 26.3 Å². The fourth-order valence-corrected chi connectivity index (χ4v) is 1.58. The number of halogens is 4. The van der Waals surface area contributed by atoms with Gasteiger partial charge in [-0.05, 0) is 38.5 Å². The third-order valence-corrected chi connectivity index (χ3v) is 3.10. The first-order chi connectivity index (χ1) is 9.07. The van der Waals surface area contributed by atoms with Gasteiger partial charge in [-0.1, -0.05) is 0 Å². The van der Waals surface area contributed by atoms with Gasteiger partial charge in [-0.15, -0.1) is 0 Å². The number of methoxy groups -OCH3 is 1. The van der Waals surface area contributed by atoms with Crippen molar-refractivity contribution in [2.45, 2.75) is 38.5 Å². The Bertz CT molecular complexity index is 492. The largest absolute Gasteiger partial charge is 0.419 e. The average Bonchev–Trinajstić information content (AvgIpc) is 2.35. The number of hydrogen-bond acceptors (Lipinski definition) is 2. The van der Waals surface area contributed by atoms with E-state index >= 15 is 0 Å². The lowest BCUT2D eigenvalue weighted by atomic mass is 9.97. The maximum Gasteiger partial charge on any atom is 0.419 e. The van der Waals surface area contributed by atoms with Crippen molar-refractivity contribution in [2.24, 2.45) is 0 Å². The zero-order valence-electron chi connectivity index (χ0n) is 11.5. The Morgan fingerprint density at radius 2 is 1.85 bits per heavy atom. The third kappa shape index (κ3) is 4.30. The number of Topliss-reactive ketones (excluding diaryl/α,β-unsaturated/α-hetero) is 1. The van der Waals surface area contributed by atoms with E-state index in [0.717, 1.165) is 6.07 Å². The quantitative estimate of drug-likeness (QED) is 0.599. The van der Waals surface area contributed by atoms with Crippen LogP contribution in [-0.2, 0) is 10.9 Å². The minimum Gasteiger partial charge on any atom is -0.379 e. The Labute approximate surface area is 114 Å². The van der Waals surface area contributed by atoms with Gasteiger partial charge in [-0.25, -0.2) is 4.39 Å². The molecule has 0 saturated heterocycles. The Morgan fingerprint density at radius 1 is 1.25 bits per heavy atom.